The van der Waals surface area contributed by atoms with Crippen LogP contribution in [0.1, 0.15) is 13.3 Å². The van der Waals surface area contributed by atoms with Gasteiger partial charge < -0.3 is 4.57 Å². The number of benzene rings is 2. The topological polar surface area (TPSA) is 4.93 Å². The highest BCUT2D eigenvalue weighted by Gasteiger charge is 2.11. The quantitative estimate of drug-likeness (QED) is 0.545. The maximum absolute atomic E-state index is 13.6. The van der Waals surface area contributed by atoms with Crippen LogP contribution in [0.25, 0.3) is 21.8 Å². The van der Waals surface area contributed by atoms with Gasteiger partial charge in [-0.25, -0.2) is 4.39 Å². The lowest BCUT2D eigenvalue weighted by Crippen LogP contribution is -1.97. The lowest BCUT2D eigenvalue weighted by atomic mass is 10.1. The first kappa shape index (κ1) is 13.4. The van der Waals surface area contributed by atoms with Gasteiger partial charge in [0.25, 0.3) is 0 Å². The molecule has 20 heavy (non-hydrogen) atoms. The van der Waals surface area contributed by atoms with E-state index < -0.39 is 0 Å². The summed E-state index contributed by atoms with van der Waals surface area (Å²) in [5.74, 6) is -0.198. The minimum absolute atomic E-state index is 0.198. The summed E-state index contributed by atoms with van der Waals surface area (Å²) in [6, 6.07) is 11.1. The van der Waals surface area contributed by atoms with E-state index in [9.17, 15) is 4.39 Å². The Kier molecular flexibility index (Phi) is 3.38. The Hall–Kier alpha value is -1.61. The van der Waals surface area contributed by atoms with Crippen molar-refractivity contribution in [2.24, 2.45) is 0 Å². The summed E-state index contributed by atoms with van der Waals surface area (Å²) in [7, 11) is 0. The zero-order valence-corrected chi connectivity index (χ0v) is 12.9. The normalized spacial score (nSPS) is 11.3. The van der Waals surface area contributed by atoms with Gasteiger partial charge in [-0.3, -0.25) is 0 Å². The molecule has 1 heterocycles. The molecule has 0 aliphatic rings. The third-order valence-electron chi connectivity index (χ3n) is 3.55. The molecule has 3 heteroatoms. The smallest absolute Gasteiger partial charge is 0.123 e. The fourth-order valence-corrected chi connectivity index (χ4v) is 2.95. The summed E-state index contributed by atoms with van der Waals surface area (Å²) in [4.78, 5) is 0. The van der Waals surface area contributed by atoms with Gasteiger partial charge in [-0.05, 0) is 49.7 Å². The van der Waals surface area contributed by atoms with Crippen molar-refractivity contribution in [1.29, 1.82) is 0 Å². The standard InChI is InChI=1S/C17H15BrFN/c1-11(2)7-8-20-16-5-3-12(18)9-14(16)15-10-13(19)4-6-17(15)20/h3-6,9-10H,1,7-8H2,2H3. The summed E-state index contributed by atoms with van der Waals surface area (Å²) >= 11 is 3.49. The molecule has 0 radical (unpaired) electrons. The largest absolute Gasteiger partial charge is 0.340 e. The second kappa shape index (κ2) is 5.06. The molecule has 0 saturated carbocycles. The Balaban J connectivity index is 2.31. The number of allylic oxidation sites excluding steroid dienone is 1. The molecule has 3 aromatic rings. The van der Waals surface area contributed by atoms with Crippen molar-refractivity contribution in [2.75, 3.05) is 0 Å². The van der Waals surface area contributed by atoms with Crippen molar-refractivity contribution in [3.63, 3.8) is 0 Å². The van der Waals surface area contributed by atoms with E-state index in [0.29, 0.717) is 0 Å². The van der Waals surface area contributed by atoms with Crippen LogP contribution < -0.4 is 0 Å². The molecule has 0 aliphatic carbocycles. The van der Waals surface area contributed by atoms with Crippen LogP contribution in [0.4, 0.5) is 4.39 Å². The molecule has 0 N–H and O–H groups in total. The highest BCUT2D eigenvalue weighted by atomic mass is 79.9. The maximum atomic E-state index is 13.6. The SMILES string of the molecule is C=C(C)CCn1c2ccc(F)cc2c2cc(Br)ccc21. The highest BCUT2D eigenvalue weighted by Crippen LogP contribution is 2.32. The molecule has 0 aliphatic heterocycles. The van der Waals surface area contributed by atoms with Crippen LogP contribution in [0.5, 0.6) is 0 Å². The highest BCUT2D eigenvalue weighted by molar-refractivity contribution is 9.10. The van der Waals surface area contributed by atoms with Crippen LogP contribution in [0, 0.1) is 5.82 Å². The van der Waals surface area contributed by atoms with Crippen molar-refractivity contribution in [3.8, 4) is 0 Å². The molecule has 2 aromatic carbocycles. The molecule has 1 aromatic heterocycles. The van der Waals surface area contributed by atoms with Crippen LogP contribution >= 0.6 is 15.9 Å². The van der Waals surface area contributed by atoms with Crippen LogP contribution in [-0.4, -0.2) is 4.57 Å². The Bertz CT molecular complexity index is 757. The molecule has 0 unspecified atom stereocenters. The van der Waals surface area contributed by atoms with E-state index in [1.54, 1.807) is 6.07 Å². The van der Waals surface area contributed by atoms with Crippen molar-refractivity contribution >= 4 is 37.7 Å². The molecule has 102 valence electrons. The van der Waals surface area contributed by atoms with Gasteiger partial charge in [-0.2, -0.15) is 0 Å². The first-order valence-corrected chi connectivity index (χ1v) is 7.37. The molecule has 0 amide bonds. The zero-order chi connectivity index (χ0) is 14.3. The molecule has 3 rings (SSSR count). The minimum Gasteiger partial charge on any atom is -0.340 e. The predicted molar refractivity (Wildman–Crippen MR) is 86.5 cm³/mol. The molecule has 0 atom stereocenters. The number of hydrogen-bond donors (Lipinski definition) is 0. The average molecular weight is 332 g/mol. The molecule has 0 fully saturated rings. The van der Waals surface area contributed by atoms with Crippen molar-refractivity contribution < 1.29 is 4.39 Å². The molecular formula is C17H15BrFN. The number of aromatic nitrogens is 1. The van der Waals surface area contributed by atoms with Gasteiger partial charge in [0, 0.05) is 32.8 Å². The summed E-state index contributed by atoms with van der Waals surface area (Å²) in [5.41, 5.74) is 3.36. The monoisotopic (exact) mass is 331 g/mol. The number of rotatable bonds is 3. The number of hydrogen-bond acceptors (Lipinski definition) is 0. The van der Waals surface area contributed by atoms with Crippen molar-refractivity contribution in [3.05, 3.63) is 58.8 Å². The van der Waals surface area contributed by atoms with Crippen molar-refractivity contribution in [1.82, 2.24) is 4.57 Å². The first-order valence-electron chi connectivity index (χ1n) is 6.57. The second-order valence-corrected chi connectivity index (χ2v) is 6.10. The molecular weight excluding hydrogens is 317 g/mol. The van der Waals surface area contributed by atoms with Crippen LogP contribution in [0.3, 0.4) is 0 Å². The van der Waals surface area contributed by atoms with Crippen LogP contribution in [0.15, 0.2) is 53.0 Å². The van der Waals surface area contributed by atoms with E-state index in [-0.39, 0.29) is 5.82 Å². The van der Waals surface area contributed by atoms with E-state index in [1.807, 2.05) is 25.1 Å². The van der Waals surface area contributed by atoms with E-state index >= 15 is 0 Å². The lowest BCUT2D eigenvalue weighted by molar-refractivity contribution is 0.629. The Morgan fingerprint density at radius 2 is 1.80 bits per heavy atom. The van der Waals surface area contributed by atoms with E-state index in [0.717, 1.165) is 44.8 Å². The summed E-state index contributed by atoms with van der Waals surface area (Å²) in [6.07, 6.45) is 0.923. The lowest BCUT2D eigenvalue weighted by Gasteiger charge is -2.07. The van der Waals surface area contributed by atoms with E-state index in [4.69, 9.17) is 0 Å². The van der Waals surface area contributed by atoms with Gasteiger partial charge in [-0.1, -0.05) is 21.5 Å². The van der Waals surface area contributed by atoms with Crippen LogP contribution in [-0.2, 0) is 6.54 Å². The third-order valence-corrected chi connectivity index (χ3v) is 4.04. The van der Waals surface area contributed by atoms with Crippen LogP contribution in [0.2, 0.25) is 0 Å². The number of nitrogens with zero attached hydrogens (tertiary/aromatic N) is 1. The molecule has 0 bridgehead atoms. The Morgan fingerprint density at radius 3 is 2.50 bits per heavy atom. The van der Waals surface area contributed by atoms with Gasteiger partial charge in [0.05, 0.1) is 0 Å². The first-order chi connectivity index (χ1) is 9.56. The fraction of sp³-hybridized carbons (Fsp3) is 0.176. The zero-order valence-electron chi connectivity index (χ0n) is 11.3. The Morgan fingerprint density at radius 1 is 1.15 bits per heavy atom. The summed E-state index contributed by atoms with van der Waals surface area (Å²) in [6.45, 7) is 6.86. The summed E-state index contributed by atoms with van der Waals surface area (Å²) in [5, 5.41) is 2.04. The van der Waals surface area contributed by atoms with E-state index in [2.05, 4.69) is 33.1 Å². The van der Waals surface area contributed by atoms with Crippen molar-refractivity contribution in [2.45, 2.75) is 19.9 Å². The fourth-order valence-electron chi connectivity index (χ4n) is 2.59. The number of fused-ring (bicyclic) bond motifs is 3. The predicted octanol–water partition coefficient (Wildman–Crippen LogP) is 5.66. The molecule has 1 nitrogen and oxygen atoms in total. The average Bonchev–Trinajstić information content (AvgIpc) is 2.69. The minimum atomic E-state index is -0.198. The van der Waals surface area contributed by atoms with Gasteiger partial charge in [0.15, 0.2) is 0 Å². The number of aryl methyl sites for hydroxylation is 1. The van der Waals surface area contributed by atoms with Gasteiger partial charge in [0.1, 0.15) is 5.82 Å². The molecule has 0 spiro atoms. The second-order valence-electron chi connectivity index (χ2n) is 5.18. The number of halogens is 2. The van der Waals surface area contributed by atoms with Gasteiger partial charge in [-0.15, -0.1) is 6.58 Å². The summed E-state index contributed by atoms with van der Waals surface area (Å²) < 4.78 is 16.8. The van der Waals surface area contributed by atoms with E-state index in [1.165, 1.54) is 6.07 Å². The third kappa shape index (κ3) is 2.27. The Labute approximate surface area is 125 Å². The molecule has 0 saturated heterocycles. The van der Waals surface area contributed by atoms with Gasteiger partial charge >= 0.3 is 0 Å². The van der Waals surface area contributed by atoms with Gasteiger partial charge in [0.2, 0.25) is 0 Å². The maximum Gasteiger partial charge on any atom is 0.123 e.